The molecule has 0 atom stereocenters. The topological polar surface area (TPSA) is 98.9 Å². The first-order valence-electron chi connectivity index (χ1n) is 13.0. The predicted octanol–water partition coefficient (Wildman–Crippen LogP) is 5.09. The lowest BCUT2D eigenvalue weighted by atomic mass is 9.93. The van der Waals surface area contributed by atoms with E-state index in [-0.39, 0.29) is 23.8 Å². The van der Waals surface area contributed by atoms with E-state index in [9.17, 15) is 18.0 Å². The van der Waals surface area contributed by atoms with Crippen molar-refractivity contribution in [3.8, 4) is 17.0 Å². The van der Waals surface area contributed by atoms with E-state index in [0.29, 0.717) is 37.8 Å². The van der Waals surface area contributed by atoms with E-state index in [2.05, 4.69) is 20.7 Å². The second kappa shape index (κ2) is 9.58. The van der Waals surface area contributed by atoms with E-state index in [1.165, 1.54) is 7.05 Å². The minimum atomic E-state index is -4.54. The summed E-state index contributed by atoms with van der Waals surface area (Å²) < 4.78 is 49.0. The summed E-state index contributed by atoms with van der Waals surface area (Å²) in [4.78, 5) is 16.6. The van der Waals surface area contributed by atoms with Crippen LogP contribution in [0.15, 0.2) is 36.7 Å². The number of aromatic nitrogens is 5. The Kier molecular flexibility index (Phi) is 6.19. The zero-order valence-electron chi connectivity index (χ0n) is 21.5. The lowest BCUT2D eigenvalue weighted by Crippen LogP contribution is -2.27. The average molecular weight is 540 g/mol. The third-order valence-corrected chi connectivity index (χ3v) is 7.47. The number of nitrogens with zero attached hydrogens (tertiary/aromatic N) is 5. The molecule has 2 N–H and O–H groups in total. The zero-order valence-corrected chi connectivity index (χ0v) is 21.5. The summed E-state index contributed by atoms with van der Waals surface area (Å²) in [7, 11) is 1.26. The smallest absolute Gasteiger partial charge is 0.436 e. The third-order valence-electron chi connectivity index (χ3n) is 7.47. The molecule has 1 aromatic carbocycles. The summed E-state index contributed by atoms with van der Waals surface area (Å²) in [5.74, 6) is 0.442. The Morgan fingerprint density at radius 1 is 1.15 bits per heavy atom. The third kappa shape index (κ3) is 4.57. The second-order valence-corrected chi connectivity index (χ2v) is 9.99. The maximum Gasteiger partial charge on any atom is 0.436 e. The van der Waals surface area contributed by atoms with Gasteiger partial charge in [-0.2, -0.15) is 23.4 Å². The Morgan fingerprint density at radius 3 is 2.69 bits per heavy atom. The molecule has 4 aromatic rings. The van der Waals surface area contributed by atoms with Gasteiger partial charge in [0.2, 0.25) is 0 Å². The summed E-state index contributed by atoms with van der Waals surface area (Å²) >= 11 is 0. The molecule has 0 saturated heterocycles. The van der Waals surface area contributed by atoms with Crippen LogP contribution in [0, 0.1) is 0 Å². The maximum absolute atomic E-state index is 13.5. The second-order valence-electron chi connectivity index (χ2n) is 9.99. The monoisotopic (exact) mass is 539 g/mol. The molecule has 1 saturated carbocycles. The number of carbonyl (C=O) groups excluding carboxylic acids is 1. The van der Waals surface area contributed by atoms with Gasteiger partial charge in [-0.05, 0) is 50.3 Å². The molecule has 1 fully saturated rings. The van der Waals surface area contributed by atoms with Crippen molar-refractivity contribution < 1.29 is 22.7 Å². The van der Waals surface area contributed by atoms with Crippen LogP contribution in [-0.4, -0.2) is 43.1 Å². The molecule has 3 aromatic heterocycles. The molecule has 2 aliphatic rings. The van der Waals surface area contributed by atoms with Crippen LogP contribution in [0.25, 0.3) is 22.2 Å². The first-order chi connectivity index (χ1) is 18.7. The standard InChI is InChI=1S/C27H28F3N7O2/c1-3-31-23-11-21-20(13-32-23)24(15-4-9-19-16(10-15)12-33-26(19)38)35-37(21)17-5-7-18(8-6-17)39-22-14-34-36(2)25(22)27(28,29)30/h4,9-11,13-14,17-18H,3,5-8,12H2,1-2H3,(H,31,32)(H,33,38)/t17-,18+. The number of fused-ring (bicyclic) bond motifs is 2. The number of hydrogen-bond acceptors (Lipinski definition) is 6. The first kappa shape index (κ1) is 25.2. The van der Waals surface area contributed by atoms with Crippen LogP contribution in [-0.2, 0) is 19.8 Å². The minimum Gasteiger partial charge on any atom is -0.486 e. The molecule has 0 unspecified atom stereocenters. The molecular formula is C27H28F3N7O2. The number of ether oxygens (including phenoxy) is 1. The minimum absolute atomic E-state index is 0.0478. The quantitative estimate of drug-likeness (QED) is 0.354. The van der Waals surface area contributed by atoms with Gasteiger partial charge in [-0.15, -0.1) is 0 Å². The van der Waals surface area contributed by atoms with Crippen molar-refractivity contribution in [2.75, 3.05) is 11.9 Å². The summed E-state index contributed by atoms with van der Waals surface area (Å²) in [6.45, 7) is 3.21. The van der Waals surface area contributed by atoms with E-state index < -0.39 is 11.9 Å². The number of alkyl halides is 3. The molecule has 12 heteroatoms. The van der Waals surface area contributed by atoms with Gasteiger partial charge >= 0.3 is 6.18 Å². The number of halogens is 3. The largest absolute Gasteiger partial charge is 0.486 e. The number of aryl methyl sites for hydroxylation is 1. The highest BCUT2D eigenvalue weighted by molar-refractivity contribution is 6.00. The van der Waals surface area contributed by atoms with Gasteiger partial charge in [0, 0.05) is 48.9 Å². The molecule has 0 spiro atoms. The number of carbonyl (C=O) groups is 1. The summed E-state index contributed by atoms with van der Waals surface area (Å²) in [5.41, 5.74) is 3.36. The Bertz CT molecular complexity index is 1550. The number of amides is 1. The molecular weight excluding hydrogens is 511 g/mol. The van der Waals surface area contributed by atoms with Crippen LogP contribution in [0.5, 0.6) is 5.75 Å². The lowest BCUT2D eigenvalue weighted by molar-refractivity contribution is -0.145. The summed E-state index contributed by atoms with van der Waals surface area (Å²) in [5, 5.41) is 15.8. The molecule has 204 valence electrons. The van der Waals surface area contributed by atoms with Crippen LogP contribution in [0.3, 0.4) is 0 Å². The molecule has 1 aliphatic heterocycles. The highest BCUT2D eigenvalue weighted by Crippen LogP contribution is 2.40. The van der Waals surface area contributed by atoms with Crippen LogP contribution >= 0.6 is 0 Å². The van der Waals surface area contributed by atoms with E-state index >= 15 is 0 Å². The number of benzene rings is 1. The van der Waals surface area contributed by atoms with Crippen LogP contribution in [0.1, 0.15) is 60.3 Å². The molecule has 0 bridgehead atoms. The first-order valence-corrected chi connectivity index (χ1v) is 13.0. The van der Waals surface area contributed by atoms with Crippen molar-refractivity contribution in [3.63, 3.8) is 0 Å². The van der Waals surface area contributed by atoms with Gasteiger partial charge in [0.25, 0.3) is 5.91 Å². The fraction of sp³-hybridized carbons (Fsp3) is 0.407. The predicted molar refractivity (Wildman–Crippen MR) is 138 cm³/mol. The van der Waals surface area contributed by atoms with E-state index in [0.717, 1.165) is 51.0 Å². The van der Waals surface area contributed by atoms with Crippen molar-refractivity contribution in [2.45, 2.75) is 57.5 Å². The van der Waals surface area contributed by atoms with Crippen molar-refractivity contribution in [2.24, 2.45) is 7.05 Å². The highest BCUT2D eigenvalue weighted by atomic mass is 19.4. The van der Waals surface area contributed by atoms with Crippen molar-refractivity contribution in [1.82, 2.24) is 29.9 Å². The molecule has 0 radical (unpaired) electrons. The van der Waals surface area contributed by atoms with Gasteiger partial charge in [0.05, 0.1) is 23.9 Å². The Morgan fingerprint density at radius 2 is 1.95 bits per heavy atom. The zero-order chi connectivity index (χ0) is 27.3. The van der Waals surface area contributed by atoms with Crippen LogP contribution in [0.2, 0.25) is 0 Å². The molecule has 9 nitrogen and oxygen atoms in total. The molecule has 1 aliphatic carbocycles. The average Bonchev–Trinajstić information content (AvgIpc) is 3.59. The van der Waals surface area contributed by atoms with E-state index in [1.54, 1.807) is 0 Å². The van der Waals surface area contributed by atoms with Gasteiger partial charge < -0.3 is 15.4 Å². The van der Waals surface area contributed by atoms with Gasteiger partial charge in [-0.3, -0.25) is 14.2 Å². The lowest BCUT2D eigenvalue weighted by Gasteiger charge is -2.29. The van der Waals surface area contributed by atoms with Gasteiger partial charge in [-0.1, -0.05) is 6.07 Å². The SMILES string of the molecule is CCNc1cc2c(cn1)c(-c1ccc3c(c1)CNC3=O)nn2[C@H]1CC[C@@H](Oc2cnn(C)c2C(F)(F)F)CC1. The fourth-order valence-corrected chi connectivity index (χ4v) is 5.60. The van der Waals surface area contributed by atoms with Crippen molar-refractivity contribution in [3.05, 3.63) is 53.5 Å². The Balaban J connectivity index is 1.28. The number of pyridine rings is 1. The number of rotatable bonds is 6. The van der Waals surface area contributed by atoms with Crippen molar-refractivity contribution in [1.29, 1.82) is 0 Å². The van der Waals surface area contributed by atoms with Crippen LogP contribution < -0.4 is 15.4 Å². The number of nitrogens with one attached hydrogen (secondary N) is 2. The van der Waals surface area contributed by atoms with Gasteiger partial charge in [0.15, 0.2) is 11.4 Å². The summed E-state index contributed by atoms with van der Waals surface area (Å²) in [6, 6.07) is 7.77. The maximum atomic E-state index is 13.5. The number of anilines is 1. The Labute approximate surface area is 222 Å². The van der Waals surface area contributed by atoms with Gasteiger partial charge in [-0.25, -0.2) is 4.98 Å². The normalized spacial score (nSPS) is 19.3. The highest BCUT2D eigenvalue weighted by Gasteiger charge is 2.39. The van der Waals surface area contributed by atoms with E-state index in [4.69, 9.17) is 9.84 Å². The van der Waals surface area contributed by atoms with Crippen LogP contribution in [0.4, 0.5) is 19.0 Å². The van der Waals surface area contributed by atoms with Gasteiger partial charge in [0.1, 0.15) is 11.5 Å². The number of hydrogen-bond donors (Lipinski definition) is 2. The molecule has 6 rings (SSSR count). The van der Waals surface area contributed by atoms with Crippen molar-refractivity contribution >= 4 is 22.6 Å². The fourth-order valence-electron chi connectivity index (χ4n) is 5.60. The van der Waals surface area contributed by atoms with E-state index in [1.807, 2.05) is 42.1 Å². The Hall–Kier alpha value is -4.09. The molecule has 4 heterocycles. The molecule has 1 amide bonds. The summed E-state index contributed by atoms with van der Waals surface area (Å²) in [6.07, 6.45) is 0.649. The molecule has 39 heavy (non-hydrogen) atoms.